The van der Waals surface area contributed by atoms with Crippen molar-refractivity contribution in [2.45, 2.75) is 65.0 Å². The molecule has 0 aromatic carbocycles. The zero-order valence-electron chi connectivity index (χ0n) is 12.8. The van der Waals surface area contributed by atoms with Crippen LogP contribution in [0.1, 0.15) is 52.9 Å². The van der Waals surface area contributed by atoms with E-state index in [1.54, 1.807) is 0 Å². The molecule has 1 unspecified atom stereocenters. The molecule has 0 saturated heterocycles. The predicted molar refractivity (Wildman–Crippen MR) is 78.2 cm³/mol. The molecule has 1 saturated carbocycles. The zero-order chi connectivity index (χ0) is 14.1. The van der Waals surface area contributed by atoms with Crippen molar-refractivity contribution in [2.75, 3.05) is 26.2 Å². The summed E-state index contributed by atoms with van der Waals surface area (Å²) in [6.45, 7) is 9.56. The molecule has 1 aliphatic carbocycles. The van der Waals surface area contributed by atoms with Gasteiger partial charge in [0.2, 0.25) is 0 Å². The Labute approximate surface area is 117 Å². The van der Waals surface area contributed by atoms with Gasteiger partial charge in [0.15, 0.2) is 0 Å². The van der Waals surface area contributed by atoms with E-state index in [2.05, 4.69) is 17.1 Å². The van der Waals surface area contributed by atoms with Crippen molar-refractivity contribution in [3.8, 4) is 0 Å². The van der Waals surface area contributed by atoms with E-state index in [-0.39, 0.29) is 12.0 Å². The molecule has 1 N–H and O–H groups in total. The Morgan fingerprint density at radius 1 is 1.32 bits per heavy atom. The standard InChI is InChI=1S/C15H30N2O2/c1-4-7-11-17(13-8-9-13)12-10-14(16-5-2)15(18)19-6-3/h13-14,16H,4-12H2,1-3H3. The van der Waals surface area contributed by atoms with E-state index in [1.807, 2.05) is 13.8 Å². The first kappa shape index (κ1) is 16.4. The van der Waals surface area contributed by atoms with Crippen LogP contribution >= 0.6 is 0 Å². The number of carbonyl (C=O) groups excluding carboxylic acids is 1. The maximum Gasteiger partial charge on any atom is 0.323 e. The van der Waals surface area contributed by atoms with Crippen LogP contribution in [0.5, 0.6) is 0 Å². The number of rotatable bonds is 11. The maximum atomic E-state index is 11.8. The number of unbranched alkanes of at least 4 members (excludes halogenated alkanes) is 1. The molecule has 1 fully saturated rings. The Bertz CT molecular complexity index is 255. The molecular weight excluding hydrogens is 240 g/mol. The lowest BCUT2D eigenvalue weighted by Gasteiger charge is -2.24. The molecular formula is C15H30N2O2. The fourth-order valence-corrected chi connectivity index (χ4v) is 2.37. The van der Waals surface area contributed by atoms with E-state index in [0.29, 0.717) is 6.61 Å². The number of hydrogen-bond donors (Lipinski definition) is 1. The predicted octanol–water partition coefficient (Wildman–Crippen LogP) is 2.18. The molecule has 0 bridgehead atoms. The van der Waals surface area contributed by atoms with E-state index in [0.717, 1.165) is 25.6 Å². The molecule has 0 aromatic heterocycles. The molecule has 0 spiro atoms. The van der Waals surface area contributed by atoms with Crippen molar-refractivity contribution in [3.05, 3.63) is 0 Å². The first-order valence-corrected chi connectivity index (χ1v) is 7.86. The summed E-state index contributed by atoms with van der Waals surface area (Å²) in [5.41, 5.74) is 0. The lowest BCUT2D eigenvalue weighted by atomic mass is 10.2. The van der Waals surface area contributed by atoms with Crippen LogP contribution in [0.4, 0.5) is 0 Å². The Kier molecular flexibility index (Phi) is 8.07. The van der Waals surface area contributed by atoms with E-state index < -0.39 is 0 Å². The second-order valence-corrected chi connectivity index (χ2v) is 5.27. The molecule has 4 heteroatoms. The summed E-state index contributed by atoms with van der Waals surface area (Å²) in [6, 6.07) is 0.629. The molecule has 19 heavy (non-hydrogen) atoms. The molecule has 0 aliphatic heterocycles. The summed E-state index contributed by atoms with van der Waals surface area (Å²) in [7, 11) is 0. The molecule has 4 nitrogen and oxygen atoms in total. The van der Waals surface area contributed by atoms with Gasteiger partial charge in [0.05, 0.1) is 6.61 Å². The van der Waals surface area contributed by atoms with Crippen molar-refractivity contribution in [1.29, 1.82) is 0 Å². The van der Waals surface area contributed by atoms with Gasteiger partial charge in [-0.1, -0.05) is 20.3 Å². The number of carbonyl (C=O) groups is 1. The minimum Gasteiger partial charge on any atom is -0.465 e. The number of likely N-dealkylation sites (N-methyl/N-ethyl adjacent to an activating group) is 1. The van der Waals surface area contributed by atoms with E-state index in [1.165, 1.54) is 32.2 Å². The average Bonchev–Trinajstić information content (AvgIpc) is 3.22. The number of hydrogen-bond acceptors (Lipinski definition) is 4. The molecule has 1 rings (SSSR count). The van der Waals surface area contributed by atoms with Crippen LogP contribution in [0.25, 0.3) is 0 Å². The highest BCUT2D eigenvalue weighted by Crippen LogP contribution is 2.27. The fourth-order valence-electron chi connectivity index (χ4n) is 2.37. The van der Waals surface area contributed by atoms with Crippen LogP contribution in [0.15, 0.2) is 0 Å². The summed E-state index contributed by atoms with van der Waals surface area (Å²) >= 11 is 0. The highest BCUT2D eigenvalue weighted by molar-refractivity contribution is 5.75. The SMILES string of the molecule is CCCCN(CCC(NCC)C(=O)OCC)C1CC1. The highest BCUT2D eigenvalue weighted by Gasteiger charge is 2.29. The first-order chi connectivity index (χ1) is 9.22. The maximum absolute atomic E-state index is 11.8. The number of nitrogens with one attached hydrogen (secondary N) is 1. The lowest BCUT2D eigenvalue weighted by molar-refractivity contribution is -0.145. The summed E-state index contributed by atoms with van der Waals surface area (Å²) in [6.07, 6.45) is 6.00. The molecule has 1 atom stereocenters. The third kappa shape index (κ3) is 6.39. The highest BCUT2D eigenvalue weighted by atomic mass is 16.5. The van der Waals surface area contributed by atoms with Crippen LogP contribution < -0.4 is 5.32 Å². The third-order valence-corrected chi connectivity index (χ3v) is 3.59. The van der Waals surface area contributed by atoms with Crippen molar-refractivity contribution in [1.82, 2.24) is 10.2 Å². The third-order valence-electron chi connectivity index (χ3n) is 3.59. The Morgan fingerprint density at radius 2 is 2.05 bits per heavy atom. The molecule has 0 amide bonds. The summed E-state index contributed by atoms with van der Waals surface area (Å²) < 4.78 is 5.13. The Morgan fingerprint density at radius 3 is 2.58 bits per heavy atom. The van der Waals surface area contributed by atoms with E-state index >= 15 is 0 Å². The fraction of sp³-hybridized carbons (Fsp3) is 0.933. The largest absolute Gasteiger partial charge is 0.465 e. The van der Waals surface area contributed by atoms with Gasteiger partial charge in [-0.2, -0.15) is 0 Å². The van der Waals surface area contributed by atoms with Crippen LogP contribution in [0.3, 0.4) is 0 Å². The Balaban J connectivity index is 2.36. The molecule has 0 heterocycles. The number of nitrogens with zero attached hydrogens (tertiary/aromatic N) is 1. The van der Waals surface area contributed by atoms with E-state index in [4.69, 9.17) is 4.74 Å². The van der Waals surface area contributed by atoms with Crippen molar-refractivity contribution in [3.63, 3.8) is 0 Å². The van der Waals surface area contributed by atoms with Crippen LogP contribution in [-0.2, 0) is 9.53 Å². The van der Waals surface area contributed by atoms with Gasteiger partial charge < -0.3 is 15.0 Å². The summed E-state index contributed by atoms with van der Waals surface area (Å²) in [4.78, 5) is 14.4. The second kappa shape index (κ2) is 9.32. The van der Waals surface area contributed by atoms with Crippen molar-refractivity contribution in [2.24, 2.45) is 0 Å². The van der Waals surface area contributed by atoms with Gasteiger partial charge in [0.25, 0.3) is 0 Å². The summed E-state index contributed by atoms with van der Waals surface area (Å²) in [5.74, 6) is -0.101. The topological polar surface area (TPSA) is 41.6 Å². The normalized spacial score (nSPS) is 16.6. The number of ether oxygens (including phenoxy) is 1. The second-order valence-electron chi connectivity index (χ2n) is 5.27. The van der Waals surface area contributed by atoms with Crippen molar-refractivity contribution >= 4 is 5.97 Å². The summed E-state index contributed by atoms with van der Waals surface area (Å²) in [5, 5.41) is 3.24. The van der Waals surface area contributed by atoms with Gasteiger partial charge in [-0.15, -0.1) is 0 Å². The lowest BCUT2D eigenvalue weighted by Crippen LogP contribution is -2.41. The minimum atomic E-state index is -0.146. The van der Waals surface area contributed by atoms with Gasteiger partial charge in [-0.25, -0.2) is 0 Å². The van der Waals surface area contributed by atoms with Crippen LogP contribution in [0, 0.1) is 0 Å². The van der Waals surface area contributed by atoms with Gasteiger partial charge in [-0.3, -0.25) is 4.79 Å². The smallest absolute Gasteiger partial charge is 0.323 e. The van der Waals surface area contributed by atoms with Crippen LogP contribution in [-0.4, -0.2) is 49.2 Å². The van der Waals surface area contributed by atoms with E-state index in [9.17, 15) is 4.79 Å². The van der Waals surface area contributed by atoms with Gasteiger partial charge in [0.1, 0.15) is 6.04 Å². The Hall–Kier alpha value is -0.610. The van der Waals surface area contributed by atoms with Gasteiger partial charge >= 0.3 is 5.97 Å². The molecule has 112 valence electrons. The van der Waals surface area contributed by atoms with Gasteiger partial charge in [-0.05, 0) is 45.7 Å². The number of esters is 1. The average molecular weight is 270 g/mol. The quantitative estimate of drug-likeness (QED) is 0.584. The van der Waals surface area contributed by atoms with Gasteiger partial charge in [0, 0.05) is 12.6 Å². The monoisotopic (exact) mass is 270 g/mol. The first-order valence-electron chi connectivity index (χ1n) is 7.86. The zero-order valence-corrected chi connectivity index (χ0v) is 12.8. The van der Waals surface area contributed by atoms with Crippen molar-refractivity contribution < 1.29 is 9.53 Å². The molecule has 0 aromatic rings. The minimum absolute atomic E-state index is 0.101. The molecule has 0 radical (unpaired) electrons. The molecule has 1 aliphatic rings. The van der Waals surface area contributed by atoms with Crippen LogP contribution in [0.2, 0.25) is 0 Å².